The Morgan fingerprint density at radius 3 is 3.18 bits per heavy atom. The predicted octanol–water partition coefficient (Wildman–Crippen LogP) is 2.28. The van der Waals surface area contributed by atoms with Crippen LogP contribution in [0.3, 0.4) is 0 Å². The first-order chi connectivity index (χ1) is 5.36. The number of H-pyrrole nitrogens is 1. The van der Waals surface area contributed by atoms with Crippen LogP contribution in [0.25, 0.3) is 0 Å². The van der Waals surface area contributed by atoms with Gasteiger partial charge in [-0.25, -0.2) is 0 Å². The molecule has 0 aliphatic carbocycles. The highest BCUT2D eigenvalue weighted by Crippen LogP contribution is 2.36. The molecule has 1 N–H and O–H groups in total. The van der Waals surface area contributed by atoms with Crippen LogP contribution in [0.2, 0.25) is 12.6 Å². The molecular formula is C7H10BBrN2. The monoisotopic (exact) mass is 212 g/mol. The molecule has 0 bridgehead atoms. The highest BCUT2D eigenvalue weighted by molar-refractivity contribution is 9.24. The summed E-state index contributed by atoms with van der Waals surface area (Å²) < 4.78 is 0. The lowest BCUT2D eigenvalue weighted by atomic mass is 9.75. The van der Waals surface area contributed by atoms with Crippen molar-refractivity contribution < 1.29 is 0 Å². The lowest BCUT2D eigenvalue weighted by Crippen LogP contribution is -1.96. The fourth-order valence-corrected chi connectivity index (χ4v) is 2.42. The van der Waals surface area contributed by atoms with Gasteiger partial charge in [-0.05, 0) is 12.0 Å². The molecule has 0 spiro atoms. The molecule has 1 saturated heterocycles. The quantitative estimate of drug-likeness (QED) is 0.712. The van der Waals surface area contributed by atoms with Crippen LogP contribution < -0.4 is 0 Å². The summed E-state index contributed by atoms with van der Waals surface area (Å²) in [6.45, 7) is 0. The Balaban J connectivity index is 2.08. The molecule has 0 radical (unpaired) electrons. The SMILES string of the molecule is BrB1CCC(c2ccn[nH]2)C1. The minimum atomic E-state index is 0.710. The van der Waals surface area contributed by atoms with Crippen molar-refractivity contribution in [2.45, 2.75) is 25.0 Å². The molecule has 1 aromatic rings. The molecule has 1 atom stereocenters. The molecule has 11 heavy (non-hydrogen) atoms. The second-order valence-corrected chi connectivity index (χ2v) is 4.41. The highest BCUT2D eigenvalue weighted by atomic mass is 79.9. The number of nitrogens with one attached hydrogen (secondary N) is 1. The number of aromatic amines is 1. The molecule has 2 rings (SSSR count). The minimum Gasteiger partial charge on any atom is -0.282 e. The molecule has 0 amide bonds. The first kappa shape index (κ1) is 7.41. The number of hydrogen-bond acceptors (Lipinski definition) is 1. The largest absolute Gasteiger partial charge is 0.282 e. The topological polar surface area (TPSA) is 28.7 Å². The summed E-state index contributed by atoms with van der Waals surface area (Å²) >= 11 is 3.63. The Morgan fingerprint density at radius 1 is 1.73 bits per heavy atom. The maximum absolute atomic E-state index is 3.95. The van der Waals surface area contributed by atoms with Crippen LogP contribution in [0, 0.1) is 0 Å². The summed E-state index contributed by atoms with van der Waals surface area (Å²) in [6, 6.07) is 2.08. The second-order valence-electron chi connectivity index (χ2n) is 3.12. The summed E-state index contributed by atoms with van der Waals surface area (Å²) in [5, 5.41) is 6.98. The zero-order valence-electron chi connectivity index (χ0n) is 6.26. The van der Waals surface area contributed by atoms with E-state index in [1.54, 1.807) is 0 Å². The lowest BCUT2D eigenvalue weighted by Gasteiger charge is -2.03. The van der Waals surface area contributed by atoms with Gasteiger partial charge in [-0.15, -0.1) is 0 Å². The van der Waals surface area contributed by atoms with Crippen molar-refractivity contribution >= 4 is 21.3 Å². The van der Waals surface area contributed by atoms with Gasteiger partial charge in [0.1, 0.15) is 0 Å². The number of halogens is 1. The van der Waals surface area contributed by atoms with Gasteiger partial charge in [0.25, 0.3) is 0 Å². The number of nitrogens with zero attached hydrogens (tertiary/aromatic N) is 1. The Labute approximate surface area is 74.8 Å². The van der Waals surface area contributed by atoms with Crippen molar-refractivity contribution in [3.8, 4) is 0 Å². The van der Waals surface area contributed by atoms with Crippen molar-refractivity contribution in [3.63, 3.8) is 0 Å². The van der Waals surface area contributed by atoms with Gasteiger partial charge < -0.3 is 0 Å². The summed E-state index contributed by atoms with van der Waals surface area (Å²) in [4.78, 5) is 0. The van der Waals surface area contributed by atoms with Gasteiger partial charge in [0.2, 0.25) is 5.54 Å². The molecular weight excluding hydrogens is 203 g/mol. The van der Waals surface area contributed by atoms with E-state index in [9.17, 15) is 0 Å². The average Bonchev–Trinajstić information content (AvgIpc) is 2.55. The third-order valence-corrected chi connectivity index (χ3v) is 3.16. The van der Waals surface area contributed by atoms with E-state index < -0.39 is 0 Å². The van der Waals surface area contributed by atoms with Crippen LogP contribution in [-0.2, 0) is 0 Å². The number of aromatic nitrogens is 2. The van der Waals surface area contributed by atoms with Gasteiger partial charge in [0.05, 0.1) is 0 Å². The first-order valence-electron chi connectivity index (χ1n) is 3.99. The van der Waals surface area contributed by atoms with Crippen LogP contribution in [0.15, 0.2) is 12.3 Å². The van der Waals surface area contributed by atoms with E-state index >= 15 is 0 Å². The normalized spacial score (nSPS) is 24.5. The first-order valence-corrected chi connectivity index (χ1v) is 4.91. The Morgan fingerprint density at radius 2 is 2.64 bits per heavy atom. The van der Waals surface area contributed by atoms with Crippen molar-refractivity contribution in [3.05, 3.63) is 18.0 Å². The fourth-order valence-electron chi connectivity index (χ4n) is 1.70. The zero-order valence-corrected chi connectivity index (χ0v) is 7.84. The third-order valence-electron chi connectivity index (χ3n) is 2.33. The zero-order chi connectivity index (χ0) is 7.68. The summed E-state index contributed by atoms with van der Waals surface area (Å²) in [6.07, 6.45) is 5.67. The average molecular weight is 213 g/mol. The number of hydrogen-bond donors (Lipinski definition) is 1. The Bertz CT molecular complexity index is 224. The van der Waals surface area contributed by atoms with E-state index in [2.05, 4.69) is 32.0 Å². The summed E-state index contributed by atoms with van der Waals surface area (Å²) in [7, 11) is 0. The molecule has 1 aliphatic heterocycles. The Hall–Kier alpha value is -0.245. The van der Waals surface area contributed by atoms with Gasteiger partial charge in [-0.1, -0.05) is 19.1 Å². The molecule has 1 aliphatic rings. The molecule has 0 saturated carbocycles. The molecule has 1 fully saturated rings. The second kappa shape index (κ2) is 3.01. The van der Waals surface area contributed by atoms with Gasteiger partial charge in [-0.3, -0.25) is 5.10 Å². The maximum atomic E-state index is 3.95. The molecule has 1 aromatic heterocycles. The van der Waals surface area contributed by atoms with Crippen molar-refractivity contribution in [1.29, 1.82) is 0 Å². The standard InChI is InChI=1S/C7H10BBrN2/c9-8-3-1-6(5-8)7-2-4-10-11-7/h2,4,6H,1,3,5H2,(H,10,11). The fraction of sp³-hybridized carbons (Fsp3) is 0.571. The maximum Gasteiger partial charge on any atom is 0.223 e. The van der Waals surface area contributed by atoms with Crippen LogP contribution >= 0.6 is 15.8 Å². The van der Waals surface area contributed by atoms with Crippen LogP contribution in [-0.4, -0.2) is 15.7 Å². The molecule has 4 heteroatoms. The van der Waals surface area contributed by atoms with Gasteiger partial charge in [0.15, 0.2) is 0 Å². The van der Waals surface area contributed by atoms with Gasteiger partial charge >= 0.3 is 0 Å². The van der Waals surface area contributed by atoms with E-state index in [1.807, 2.05) is 6.20 Å². The lowest BCUT2D eigenvalue weighted by molar-refractivity contribution is 0.735. The Kier molecular flexibility index (Phi) is 2.03. The summed E-state index contributed by atoms with van der Waals surface area (Å²) in [5.41, 5.74) is 2.02. The van der Waals surface area contributed by atoms with Gasteiger partial charge in [0, 0.05) is 11.9 Å². The van der Waals surface area contributed by atoms with Crippen molar-refractivity contribution in [1.82, 2.24) is 10.2 Å². The van der Waals surface area contributed by atoms with Crippen molar-refractivity contribution in [2.24, 2.45) is 0 Å². The minimum absolute atomic E-state index is 0.710. The molecule has 58 valence electrons. The van der Waals surface area contributed by atoms with E-state index in [4.69, 9.17) is 0 Å². The number of rotatable bonds is 1. The van der Waals surface area contributed by atoms with Crippen LogP contribution in [0.4, 0.5) is 0 Å². The van der Waals surface area contributed by atoms with E-state index in [1.165, 1.54) is 24.8 Å². The van der Waals surface area contributed by atoms with E-state index in [0.717, 1.165) is 5.54 Å². The molecule has 0 aromatic carbocycles. The van der Waals surface area contributed by atoms with Crippen LogP contribution in [0.5, 0.6) is 0 Å². The molecule has 1 unspecified atom stereocenters. The van der Waals surface area contributed by atoms with Crippen LogP contribution in [0.1, 0.15) is 18.0 Å². The predicted molar refractivity (Wildman–Crippen MR) is 50.2 cm³/mol. The molecule has 2 nitrogen and oxygen atoms in total. The smallest absolute Gasteiger partial charge is 0.223 e. The molecule has 2 heterocycles. The van der Waals surface area contributed by atoms with E-state index in [-0.39, 0.29) is 0 Å². The third kappa shape index (κ3) is 1.50. The van der Waals surface area contributed by atoms with Gasteiger partial charge in [-0.2, -0.15) is 20.9 Å². The van der Waals surface area contributed by atoms with Crippen molar-refractivity contribution in [2.75, 3.05) is 0 Å². The summed E-state index contributed by atoms with van der Waals surface area (Å²) in [5.74, 6) is 0.710. The highest BCUT2D eigenvalue weighted by Gasteiger charge is 2.27. The van der Waals surface area contributed by atoms with E-state index in [0.29, 0.717) is 5.92 Å².